The van der Waals surface area contributed by atoms with Gasteiger partial charge in [0.1, 0.15) is 0 Å². The number of thiazole rings is 1. The molecule has 2 unspecified atom stereocenters. The molecule has 6 heteroatoms. The summed E-state index contributed by atoms with van der Waals surface area (Å²) in [6, 6.07) is 0.740. The summed E-state index contributed by atoms with van der Waals surface area (Å²) >= 11 is 1.64. The van der Waals surface area contributed by atoms with E-state index in [0.29, 0.717) is 0 Å². The zero-order valence-corrected chi connectivity index (χ0v) is 13.6. The van der Waals surface area contributed by atoms with E-state index in [1.165, 1.54) is 32.9 Å². The predicted octanol–water partition coefficient (Wildman–Crippen LogP) is 1.78. The first kappa shape index (κ1) is 14.8. The van der Waals surface area contributed by atoms with Crippen molar-refractivity contribution < 1.29 is 9.53 Å². The molecule has 116 valence electrons. The number of hydrogen-bond acceptors (Lipinski definition) is 6. The summed E-state index contributed by atoms with van der Waals surface area (Å²) in [6.07, 6.45) is 4.12. The molecule has 0 saturated carbocycles. The Morgan fingerprint density at radius 2 is 2.33 bits per heavy atom. The largest absolute Gasteiger partial charge is 0.469 e. The standard InChI is InChI=1S/C15H23N3O2S/c1-17-6-3-4-11-9-18(7-5-13(11)17)15-16-12(10-21-15)8-14(19)20-2/h10-11,13H,3-9H2,1-2H3. The van der Waals surface area contributed by atoms with Gasteiger partial charge in [-0.1, -0.05) is 0 Å². The number of nitrogens with zero attached hydrogens (tertiary/aromatic N) is 3. The van der Waals surface area contributed by atoms with E-state index in [0.717, 1.165) is 35.9 Å². The fourth-order valence-corrected chi connectivity index (χ4v) is 4.43. The summed E-state index contributed by atoms with van der Waals surface area (Å²) in [5.41, 5.74) is 0.824. The molecule has 0 N–H and O–H groups in total. The maximum Gasteiger partial charge on any atom is 0.311 e. The Kier molecular flexibility index (Phi) is 4.45. The maximum absolute atomic E-state index is 11.3. The van der Waals surface area contributed by atoms with Crippen molar-refractivity contribution in [1.82, 2.24) is 9.88 Å². The van der Waals surface area contributed by atoms with Gasteiger partial charge in [0, 0.05) is 24.5 Å². The molecule has 0 spiro atoms. The zero-order valence-electron chi connectivity index (χ0n) is 12.7. The molecule has 0 aliphatic carbocycles. The van der Waals surface area contributed by atoms with Crippen LogP contribution in [0.2, 0.25) is 0 Å². The Balaban J connectivity index is 1.64. The van der Waals surface area contributed by atoms with E-state index in [2.05, 4.69) is 21.8 Å². The van der Waals surface area contributed by atoms with E-state index in [4.69, 9.17) is 4.74 Å². The van der Waals surface area contributed by atoms with Gasteiger partial charge < -0.3 is 14.5 Å². The van der Waals surface area contributed by atoms with Crippen LogP contribution in [0.3, 0.4) is 0 Å². The molecule has 3 heterocycles. The number of methoxy groups -OCH3 is 1. The summed E-state index contributed by atoms with van der Waals surface area (Å²) in [5, 5.41) is 3.03. The van der Waals surface area contributed by atoms with E-state index in [9.17, 15) is 4.79 Å². The highest BCUT2D eigenvalue weighted by molar-refractivity contribution is 7.13. The summed E-state index contributed by atoms with van der Waals surface area (Å²) in [7, 11) is 3.67. The third-order valence-corrected chi connectivity index (χ3v) is 5.66. The van der Waals surface area contributed by atoms with Crippen LogP contribution in [0.4, 0.5) is 5.13 Å². The first-order valence-electron chi connectivity index (χ1n) is 7.64. The molecule has 2 aliphatic rings. The first-order chi connectivity index (χ1) is 10.2. The molecule has 1 aromatic heterocycles. The van der Waals surface area contributed by atoms with Gasteiger partial charge in [0.05, 0.1) is 19.2 Å². The minimum Gasteiger partial charge on any atom is -0.469 e. The van der Waals surface area contributed by atoms with Gasteiger partial charge in [-0.15, -0.1) is 11.3 Å². The average molecular weight is 309 g/mol. The SMILES string of the molecule is COC(=O)Cc1csc(N2CCC3C(CCCN3C)C2)n1. The van der Waals surface area contributed by atoms with Crippen LogP contribution in [-0.2, 0) is 16.0 Å². The quantitative estimate of drug-likeness (QED) is 0.797. The lowest BCUT2D eigenvalue weighted by Gasteiger charge is -2.45. The van der Waals surface area contributed by atoms with Crippen LogP contribution >= 0.6 is 11.3 Å². The van der Waals surface area contributed by atoms with E-state index in [1.54, 1.807) is 11.3 Å². The molecular weight excluding hydrogens is 286 g/mol. The lowest BCUT2D eigenvalue weighted by molar-refractivity contribution is -0.139. The minimum atomic E-state index is -0.223. The number of hydrogen-bond donors (Lipinski definition) is 0. The van der Waals surface area contributed by atoms with E-state index in [-0.39, 0.29) is 12.4 Å². The molecule has 2 fully saturated rings. The van der Waals surface area contributed by atoms with Crippen LogP contribution in [0.15, 0.2) is 5.38 Å². The number of carbonyl (C=O) groups is 1. The summed E-state index contributed by atoms with van der Waals surface area (Å²) in [5.74, 6) is 0.532. The highest BCUT2D eigenvalue weighted by Gasteiger charge is 2.34. The average Bonchev–Trinajstić information content (AvgIpc) is 2.95. The molecule has 2 atom stereocenters. The summed E-state index contributed by atoms with van der Waals surface area (Å²) in [6.45, 7) is 3.40. The molecule has 3 rings (SSSR count). The second-order valence-corrected chi connectivity index (χ2v) is 6.90. The van der Waals surface area contributed by atoms with Crippen LogP contribution in [0.1, 0.15) is 25.0 Å². The summed E-state index contributed by atoms with van der Waals surface area (Å²) < 4.78 is 4.70. The van der Waals surface area contributed by atoms with Gasteiger partial charge in [0.2, 0.25) is 0 Å². The van der Waals surface area contributed by atoms with Gasteiger partial charge in [-0.2, -0.15) is 0 Å². The number of ether oxygens (including phenoxy) is 1. The van der Waals surface area contributed by atoms with Crippen molar-refractivity contribution in [3.8, 4) is 0 Å². The Bertz CT molecular complexity index is 505. The molecule has 2 saturated heterocycles. The van der Waals surface area contributed by atoms with E-state index < -0.39 is 0 Å². The van der Waals surface area contributed by atoms with Crippen LogP contribution < -0.4 is 4.90 Å². The molecule has 0 bridgehead atoms. The third-order valence-electron chi connectivity index (χ3n) is 4.71. The lowest BCUT2D eigenvalue weighted by atomic mass is 9.84. The Labute approximate surface area is 129 Å². The number of piperidine rings is 2. The molecular formula is C15H23N3O2S. The van der Waals surface area contributed by atoms with Gasteiger partial charge in [-0.25, -0.2) is 4.98 Å². The second-order valence-electron chi connectivity index (χ2n) is 6.06. The zero-order chi connectivity index (χ0) is 14.8. The smallest absolute Gasteiger partial charge is 0.311 e. The van der Waals surface area contributed by atoms with Gasteiger partial charge in [0.15, 0.2) is 5.13 Å². The number of likely N-dealkylation sites (tertiary alicyclic amines) is 1. The molecule has 21 heavy (non-hydrogen) atoms. The monoisotopic (exact) mass is 309 g/mol. The van der Waals surface area contributed by atoms with Crippen molar-refractivity contribution >= 4 is 22.4 Å². The predicted molar refractivity (Wildman–Crippen MR) is 83.8 cm³/mol. The molecule has 5 nitrogen and oxygen atoms in total. The number of esters is 1. The van der Waals surface area contributed by atoms with Crippen molar-refractivity contribution in [2.24, 2.45) is 5.92 Å². The molecule has 1 aromatic rings. The van der Waals surface area contributed by atoms with Gasteiger partial charge in [-0.3, -0.25) is 4.79 Å². The fraction of sp³-hybridized carbons (Fsp3) is 0.733. The Morgan fingerprint density at radius 1 is 1.48 bits per heavy atom. The van der Waals surface area contributed by atoms with Crippen molar-refractivity contribution in [2.45, 2.75) is 31.7 Å². The van der Waals surface area contributed by atoms with Gasteiger partial charge in [0.25, 0.3) is 0 Å². The maximum atomic E-state index is 11.3. The van der Waals surface area contributed by atoms with E-state index in [1.807, 2.05) is 5.38 Å². The number of fused-ring (bicyclic) bond motifs is 1. The van der Waals surface area contributed by atoms with E-state index >= 15 is 0 Å². The normalized spacial score (nSPS) is 26.5. The van der Waals surface area contributed by atoms with Crippen molar-refractivity contribution in [3.63, 3.8) is 0 Å². The number of anilines is 1. The second kappa shape index (κ2) is 6.32. The Morgan fingerprint density at radius 3 is 3.14 bits per heavy atom. The molecule has 0 radical (unpaired) electrons. The highest BCUT2D eigenvalue weighted by atomic mass is 32.1. The molecule has 0 aromatic carbocycles. The Hall–Kier alpha value is -1.14. The molecule has 0 amide bonds. The van der Waals surface area contributed by atoms with Crippen LogP contribution in [0.25, 0.3) is 0 Å². The minimum absolute atomic E-state index is 0.223. The number of carbonyl (C=O) groups excluding carboxylic acids is 1. The lowest BCUT2D eigenvalue weighted by Crippen LogP contribution is -2.52. The van der Waals surface area contributed by atoms with Crippen molar-refractivity contribution in [3.05, 3.63) is 11.1 Å². The van der Waals surface area contributed by atoms with Crippen molar-refractivity contribution in [2.75, 3.05) is 38.7 Å². The van der Waals surface area contributed by atoms with Crippen LogP contribution in [0.5, 0.6) is 0 Å². The molecule has 2 aliphatic heterocycles. The number of aromatic nitrogens is 1. The summed E-state index contributed by atoms with van der Waals surface area (Å²) in [4.78, 5) is 20.8. The number of rotatable bonds is 3. The highest BCUT2D eigenvalue weighted by Crippen LogP contribution is 2.33. The van der Waals surface area contributed by atoms with Crippen molar-refractivity contribution in [1.29, 1.82) is 0 Å². The van der Waals surface area contributed by atoms with Gasteiger partial charge >= 0.3 is 5.97 Å². The van der Waals surface area contributed by atoms with Crippen LogP contribution in [-0.4, -0.2) is 55.7 Å². The fourth-order valence-electron chi connectivity index (χ4n) is 3.57. The topological polar surface area (TPSA) is 45.7 Å². The third kappa shape index (κ3) is 3.21. The van der Waals surface area contributed by atoms with Crippen LogP contribution in [0, 0.1) is 5.92 Å². The first-order valence-corrected chi connectivity index (χ1v) is 8.51. The van der Waals surface area contributed by atoms with Gasteiger partial charge in [-0.05, 0) is 38.8 Å².